The van der Waals surface area contributed by atoms with Gasteiger partial charge in [0.25, 0.3) is 0 Å². The third kappa shape index (κ3) is 4.80. The highest BCUT2D eigenvalue weighted by Crippen LogP contribution is 2.25. The van der Waals surface area contributed by atoms with Crippen LogP contribution in [0.1, 0.15) is 18.4 Å². The molecule has 1 fully saturated rings. The van der Waals surface area contributed by atoms with E-state index in [-0.39, 0.29) is 18.2 Å². The van der Waals surface area contributed by atoms with Crippen molar-refractivity contribution in [2.24, 2.45) is 0 Å². The molecule has 4 rings (SSSR count). The lowest BCUT2D eigenvalue weighted by atomic mass is 10.0. The molecule has 0 bridgehead atoms. The van der Waals surface area contributed by atoms with Crippen LogP contribution >= 0.6 is 12.4 Å². The van der Waals surface area contributed by atoms with Gasteiger partial charge in [0, 0.05) is 18.2 Å². The van der Waals surface area contributed by atoms with Gasteiger partial charge in [0.05, 0.1) is 11.2 Å². The molecule has 29 heavy (non-hydrogen) atoms. The Morgan fingerprint density at radius 2 is 1.93 bits per heavy atom. The summed E-state index contributed by atoms with van der Waals surface area (Å²) in [6.45, 7) is 2.92. The number of benzene rings is 1. The molecule has 1 aromatic carbocycles. The van der Waals surface area contributed by atoms with Crippen LogP contribution in [0.3, 0.4) is 0 Å². The van der Waals surface area contributed by atoms with Crippen LogP contribution < -0.4 is 5.73 Å². The van der Waals surface area contributed by atoms with E-state index in [0.29, 0.717) is 35.1 Å². The van der Waals surface area contributed by atoms with E-state index in [4.69, 9.17) is 5.73 Å². The molecule has 2 N–H and O–H groups in total. The molecule has 1 saturated heterocycles. The number of halogens is 2. The van der Waals surface area contributed by atoms with Gasteiger partial charge in [0.2, 0.25) is 0 Å². The third-order valence-corrected chi connectivity index (χ3v) is 5.51. The Morgan fingerprint density at radius 3 is 2.69 bits per heavy atom. The molecule has 0 amide bonds. The number of pyridine rings is 1. The molecule has 3 aromatic rings. The van der Waals surface area contributed by atoms with Crippen LogP contribution in [0, 0.1) is 5.82 Å². The minimum atomic E-state index is -0.261. The maximum atomic E-state index is 14.3. The lowest BCUT2D eigenvalue weighted by Crippen LogP contribution is -2.41. The predicted molar refractivity (Wildman–Crippen MR) is 116 cm³/mol. The number of nitrogens with two attached hydrogens (primary N) is 1. The molecule has 1 aliphatic heterocycles. The molecule has 154 valence electrons. The number of likely N-dealkylation sites (tertiary alicyclic amines) is 1. The summed E-state index contributed by atoms with van der Waals surface area (Å²) in [6.07, 6.45) is 3.69. The number of aromatic nitrogens is 3. The molecule has 0 unspecified atom stereocenters. The zero-order chi connectivity index (χ0) is 19.7. The van der Waals surface area contributed by atoms with Gasteiger partial charge >= 0.3 is 0 Å². The smallest absolute Gasteiger partial charge is 0.153 e. The maximum absolute atomic E-state index is 14.3. The monoisotopic (exact) mass is 416 g/mol. The van der Waals surface area contributed by atoms with E-state index in [1.807, 2.05) is 18.2 Å². The second-order valence-corrected chi connectivity index (χ2v) is 7.62. The van der Waals surface area contributed by atoms with E-state index in [9.17, 15) is 4.39 Å². The number of hydrogen-bond acceptors (Lipinski definition) is 6. The van der Waals surface area contributed by atoms with Crippen LogP contribution in [0.4, 0.5) is 10.2 Å². The molecule has 1 aliphatic rings. The van der Waals surface area contributed by atoms with Gasteiger partial charge in [-0.05, 0) is 75.9 Å². The van der Waals surface area contributed by atoms with Gasteiger partial charge in [-0.2, -0.15) is 0 Å². The van der Waals surface area contributed by atoms with Gasteiger partial charge in [-0.1, -0.05) is 0 Å². The van der Waals surface area contributed by atoms with Gasteiger partial charge < -0.3 is 10.6 Å². The summed E-state index contributed by atoms with van der Waals surface area (Å²) >= 11 is 0. The summed E-state index contributed by atoms with van der Waals surface area (Å²) in [7, 11) is 4.27. The Labute approximate surface area is 176 Å². The first-order valence-electron chi connectivity index (χ1n) is 9.55. The van der Waals surface area contributed by atoms with Crippen molar-refractivity contribution in [2.45, 2.75) is 25.4 Å². The van der Waals surface area contributed by atoms with E-state index >= 15 is 0 Å². The predicted octanol–water partition coefficient (Wildman–Crippen LogP) is 3.36. The molecule has 6 nitrogen and oxygen atoms in total. The molecular weight excluding hydrogens is 391 g/mol. The molecule has 0 saturated carbocycles. The molecule has 0 radical (unpaired) electrons. The van der Waals surface area contributed by atoms with Crippen molar-refractivity contribution in [2.75, 3.05) is 32.9 Å². The van der Waals surface area contributed by atoms with E-state index < -0.39 is 0 Å². The van der Waals surface area contributed by atoms with Gasteiger partial charge in [-0.15, -0.1) is 12.4 Å². The van der Waals surface area contributed by atoms with Crippen molar-refractivity contribution in [3.8, 4) is 11.3 Å². The van der Waals surface area contributed by atoms with Gasteiger partial charge in [0.15, 0.2) is 5.82 Å². The van der Waals surface area contributed by atoms with Crippen LogP contribution in [0.2, 0.25) is 0 Å². The molecule has 2 aromatic heterocycles. The second-order valence-electron chi connectivity index (χ2n) is 7.62. The first-order valence-corrected chi connectivity index (χ1v) is 9.55. The Morgan fingerprint density at radius 1 is 1.17 bits per heavy atom. The second kappa shape index (κ2) is 8.98. The summed E-state index contributed by atoms with van der Waals surface area (Å²) in [5.74, 6) is 0.0638. The highest BCUT2D eigenvalue weighted by molar-refractivity contribution is 5.86. The van der Waals surface area contributed by atoms with E-state index in [1.54, 1.807) is 6.07 Å². The van der Waals surface area contributed by atoms with Crippen molar-refractivity contribution >= 4 is 29.3 Å². The molecule has 0 aliphatic carbocycles. The number of anilines is 1. The largest absolute Gasteiger partial charge is 0.382 e. The summed E-state index contributed by atoms with van der Waals surface area (Å²) < 4.78 is 14.3. The molecular formula is C21H26ClFN6. The highest BCUT2D eigenvalue weighted by Gasteiger charge is 2.21. The summed E-state index contributed by atoms with van der Waals surface area (Å²) in [6, 6.07) is 9.32. The minimum Gasteiger partial charge on any atom is -0.382 e. The number of nitrogen functional groups attached to an aromatic ring is 1. The third-order valence-electron chi connectivity index (χ3n) is 5.51. The number of piperidine rings is 1. The van der Waals surface area contributed by atoms with Gasteiger partial charge in [-0.25, -0.2) is 19.3 Å². The van der Waals surface area contributed by atoms with E-state index in [1.165, 1.54) is 12.4 Å². The lowest BCUT2D eigenvalue weighted by molar-refractivity contribution is 0.139. The quantitative estimate of drug-likeness (QED) is 0.703. The first-order chi connectivity index (χ1) is 13.5. The van der Waals surface area contributed by atoms with Crippen LogP contribution in [-0.4, -0.2) is 58.0 Å². The topological polar surface area (TPSA) is 71.2 Å². The lowest BCUT2D eigenvalue weighted by Gasteiger charge is -2.35. The van der Waals surface area contributed by atoms with Crippen molar-refractivity contribution in [3.63, 3.8) is 0 Å². The number of fused-ring (bicyclic) bond motifs is 1. The maximum Gasteiger partial charge on any atom is 0.153 e. The normalized spacial score (nSPS) is 15.6. The average Bonchev–Trinajstić information content (AvgIpc) is 2.68. The highest BCUT2D eigenvalue weighted by atomic mass is 35.5. The Kier molecular flexibility index (Phi) is 6.62. The SMILES string of the molecule is CN1CCC(N(C)Cc2cc(F)cc(-c3ccc4ncnc(N)c4n3)c2)CC1.Cl. The Balaban J connectivity index is 0.00000240. The summed E-state index contributed by atoms with van der Waals surface area (Å²) in [5, 5.41) is 0. The average molecular weight is 417 g/mol. The summed E-state index contributed by atoms with van der Waals surface area (Å²) in [5.41, 5.74) is 9.47. The van der Waals surface area contributed by atoms with Crippen LogP contribution in [0.5, 0.6) is 0 Å². The number of rotatable bonds is 4. The molecule has 0 atom stereocenters. The van der Waals surface area contributed by atoms with Crippen molar-refractivity contribution in [3.05, 3.63) is 48.0 Å². The van der Waals surface area contributed by atoms with Gasteiger partial charge in [0.1, 0.15) is 17.7 Å². The van der Waals surface area contributed by atoms with Crippen molar-refractivity contribution in [1.29, 1.82) is 0 Å². The number of hydrogen-bond donors (Lipinski definition) is 1. The summed E-state index contributed by atoms with van der Waals surface area (Å²) in [4.78, 5) is 17.4. The van der Waals surface area contributed by atoms with Crippen LogP contribution in [0.15, 0.2) is 36.7 Å². The van der Waals surface area contributed by atoms with Crippen LogP contribution in [0.25, 0.3) is 22.3 Å². The fourth-order valence-corrected chi connectivity index (χ4v) is 3.86. The minimum absolute atomic E-state index is 0. The molecule has 8 heteroatoms. The molecule has 0 spiro atoms. The number of nitrogens with zero attached hydrogens (tertiary/aromatic N) is 5. The first kappa shape index (κ1) is 21.4. The van der Waals surface area contributed by atoms with Gasteiger partial charge in [-0.3, -0.25) is 4.90 Å². The van der Waals surface area contributed by atoms with Crippen molar-refractivity contribution < 1.29 is 4.39 Å². The van der Waals surface area contributed by atoms with E-state index in [0.717, 1.165) is 37.1 Å². The zero-order valence-electron chi connectivity index (χ0n) is 16.7. The zero-order valence-corrected chi connectivity index (χ0v) is 17.5. The Hall–Kier alpha value is -2.35. The van der Waals surface area contributed by atoms with Crippen LogP contribution in [-0.2, 0) is 6.54 Å². The standard InChI is InChI=1S/C21H25FN6.ClH/c1-27-7-5-17(6-8-27)28(2)12-14-9-15(11-16(22)10-14)18-3-4-19-20(26-18)21(23)25-13-24-19;/h3-4,9-11,13,17H,5-8,12H2,1-2H3,(H2,23,24,25);1H. The van der Waals surface area contributed by atoms with E-state index in [2.05, 4.69) is 38.8 Å². The fourth-order valence-electron chi connectivity index (χ4n) is 3.86. The fraction of sp³-hybridized carbons (Fsp3) is 0.381. The van der Waals surface area contributed by atoms with Crippen molar-refractivity contribution in [1.82, 2.24) is 24.8 Å². The molecule has 3 heterocycles. The Bertz CT molecular complexity index is 990.